The van der Waals surface area contributed by atoms with Crippen molar-refractivity contribution in [2.75, 3.05) is 19.5 Å². The van der Waals surface area contributed by atoms with Gasteiger partial charge in [0.25, 0.3) is 0 Å². The Labute approximate surface area is 172 Å². The van der Waals surface area contributed by atoms with Crippen LogP contribution in [0.1, 0.15) is 12.5 Å². The summed E-state index contributed by atoms with van der Waals surface area (Å²) in [4.78, 5) is 0. The van der Waals surface area contributed by atoms with Gasteiger partial charge in [-0.1, -0.05) is 11.8 Å². The topological polar surface area (TPSA) is 61.5 Å². The Morgan fingerprint density at radius 3 is 2.30 bits per heavy atom. The Morgan fingerprint density at radius 1 is 0.963 bits per heavy atom. The lowest BCUT2D eigenvalue weighted by Crippen LogP contribution is -2.13. The fourth-order valence-electron chi connectivity index (χ4n) is 2.70. The Bertz CT molecular complexity index is 939. The van der Waals surface area contributed by atoms with E-state index in [0.29, 0.717) is 6.61 Å². The molecule has 0 atom stereocenters. The van der Waals surface area contributed by atoms with Crippen molar-refractivity contribution in [1.82, 2.24) is 14.9 Å². The molecule has 0 spiro atoms. The molecule has 2 heterocycles. The molecule has 3 aromatic rings. The summed E-state index contributed by atoms with van der Waals surface area (Å²) in [7, 11) is 1.65. The van der Waals surface area contributed by atoms with Gasteiger partial charge in [-0.15, -0.1) is 27.2 Å². The van der Waals surface area contributed by atoms with E-state index in [1.807, 2.05) is 60.1 Å². The van der Waals surface area contributed by atoms with Crippen molar-refractivity contribution >= 4 is 34.5 Å². The van der Waals surface area contributed by atoms with Crippen LogP contribution >= 0.6 is 28.7 Å². The quantitative estimate of drug-likeness (QED) is 0.584. The summed E-state index contributed by atoms with van der Waals surface area (Å²) in [6.45, 7) is 2.63. The van der Waals surface area contributed by atoms with Crippen LogP contribution in [0.2, 0.25) is 0 Å². The van der Waals surface area contributed by atoms with Crippen LogP contribution in [0.25, 0.3) is 11.4 Å². The van der Waals surface area contributed by atoms with Gasteiger partial charge in [0.2, 0.25) is 5.16 Å². The number of rotatable bonds is 5. The van der Waals surface area contributed by atoms with Gasteiger partial charge >= 0.3 is 0 Å². The maximum absolute atomic E-state index is 5.51. The number of aromatic nitrogens is 3. The molecule has 0 radical (unpaired) electrons. The molecular formula is C19H19BrN4O2S. The zero-order valence-corrected chi connectivity index (χ0v) is 17.5. The average Bonchev–Trinajstić information content (AvgIpc) is 3.12. The van der Waals surface area contributed by atoms with Gasteiger partial charge in [0, 0.05) is 11.3 Å². The molecule has 27 heavy (non-hydrogen) atoms. The molecule has 0 amide bonds. The molecule has 1 aromatic heterocycles. The van der Waals surface area contributed by atoms with Crippen LogP contribution in [-0.4, -0.2) is 40.1 Å². The van der Waals surface area contributed by atoms with Crippen LogP contribution in [0.15, 0.2) is 58.8 Å². The van der Waals surface area contributed by atoms with E-state index in [0.717, 1.165) is 45.1 Å². The highest BCUT2D eigenvalue weighted by molar-refractivity contribution is 8.93. The number of hydrogen-bond donors (Lipinski definition) is 0. The van der Waals surface area contributed by atoms with Crippen molar-refractivity contribution in [3.05, 3.63) is 54.1 Å². The van der Waals surface area contributed by atoms with E-state index in [1.165, 1.54) is 0 Å². The summed E-state index contributed by atoms with van der Waals surface area (Å²) < 4.78 is 12.5. The highest BCUT2D eigenvalue weighted by atomic mass is 79.9. The first-order valence-electron chi connectivity index (χ1n) is 8.32. The van der Waals surface area contributed by atoms with E-state index >= 15 is 0 Å². The van der Waals surface area contributed by atoms with E-state index in [9.17, 15) is 0 Å². The summed E-state index contributed by atoms with van der Waals surface area (Å²) in [5.41, 5.74) is 3.00. The van der Waals surface area contributed by atoms with E-state index < -0.39 is 0 Å². The van der Waals surface area contributed by atoms with Crippen molar-refractivity contribution in [3.8, 4) is 22.9 Å². The molecule has 0 aliphatic carbocycles. The smallest absolute Gasteiger partial charge is 0.212 e. The number of halogens is 1. The monoisotopic (exact) mass is 446 g/mol. The Kier molecular flexibility index (Phi) is 6.18. The van der Waals surface area contributed by atoms with Crippen LogP contribution in [-0.2, 0) is 0 Å². The summed E-state index contributed by atoms with van der Waals surface area (Å²) in [6, 6.07) is 15.7. The molecule has 0 bridgehead atoms. The molecule has 8 heteroatoms. The Balaban J connectivity index is 0.00000210. The molecule has 0 saturated heterocycles. The molecule has 0 N–H and O–H groups in total. The molecule has 1 aliphatic rings. The van der Waals surface area contributed by atoms with E-state index in [4.69, 9.17) is 14.6 Å². The second kappa shape index (κ2) is 8.58. The first-order chi connectivity index (χ1) is 12.8. The summed E-state index contributed by atoms with van der Waals surface area (Å²) >= 11 is 1.63. The van der Waals surface area contributed by atoms with Gasteiger partial charge in [0.15, 0.2) is 5.82 Å². The highest BCUT2D eigenvalue weighted by Crippen LogP contribution is 2.29. The highest BCUT2D eigenvalue weighted by Gasteiger charge is 2.20. The van der Waals surface area contributed by atoms with Crippen molar-refractivity contribution in [3.63, 3.8) is 0 Å². The minimum absolute atomic E-state index is 0. The molecule has 4 rings (SSSR count). The minimum atomic E-state index is 0. The molecule has 0 unspecified atom stereocenters. The fraction of sp³-hybridized carbons (Fsp3) is 0.211. The lowest BCUT2D eigenvalue weighted by atomic mass is 10.1. The van der Waals surface area contributed by atoms with Gasteiger partial charge in [-0.25, -0.2) is 0 Å². The van der Waals surface area contributed by atoms with Crippen molar-refractivity contribution in [1.29, 1.82) is 0 Å². The van der Waals surface area contributed by atoms with E-state index in [2.05, 4.69) is 10.2 Å². The fourth-order valence-corrected chi connectivity index (χ4v) is 3.54. The molecule has 0 saturated carbocycles. The van der Waals surface area contributed by atoms with Crippen molar-refractivity contribution in [2.45, 2.75) is 12.1 Å². The first-order valence-corrected chi connectivity index (χ1v) is 9.30. The van der Waals surface area contributed by atoms with Gasteiger partial charge in [-0.3, -0.25) is 0 Å². The van der Waals surface area contributed by atoms with Crippen LogP contribution in [0.4, 0.5) is 0 Å². The number of benzene rings is 2. The molecule has 140 valence electrons. The van der Waals surface area contributed by atoms with Gasteiger partial charge < -0.3 is 9.47 Å². The summed E-state index contributed by atoms with van der Waals surface area (Å²) in [5, 5.41) is 14.2. The number of hydrogen-bond acceptors (Lipinski definition) is 6. The second-order valence-corrected chi connectivity index (χ2v) is 6.58. The molecule has 1 aliphatic heterocycles. The average molecular weight is 447 g/mol. The Morgan fingerprint density at radius 2 is 1.63 bits per heavy atom. The lowest BCUT2D eigenvalue weighted by molar-refractivity contribution is 0.340. The van der Waals surface area contributed by atoms with Crippen LogP contribution < -0.4 is 9.47 Å². The largest absolute Gasteiger partial charge is 0.497 e. The Hall–Kier alpha value is -2.32. The first kappa shape index (κ1) is 19.4. The second-order valence-electron chi connectivity index (χ2n) is 5.64. The zero-order valence-electron chi connectivity index (χ0n) is 15.0. The normalized spacial score (nSPS) is 12.6. The number of methoxy groups -OCH3 is 1. The maximum Gasteiger partial charge on any atom is 0.212 e. The number of ether oxygens (including phenoxy) is 2. The van der Waals surface area contributed by atoms with Gasteiger partial charge in [0.05, 0.1) is 19.4 Å². The summed E-state index contributed by atoms with van der Waals surface area (Å²) in [6.07, 6.45) is 0. The molecule has 6 nitrogen and oxygen atoms in total. The third-order valence-corrected chi connectivity index (χ3v) is 4.95. The standard InChI is InChI=1S/C19H18N4O2S.BrH/c1-3-25-16-10-4-13(5-11-16)17-12-26-19-21-20-18(23(19)22-17)14-6-8-15(24-2)9-7-14;/h4-11H,3,12H2,1-2H3;1H. The van der Waals surface area contributed by atoms with Gasteiger partial charge in [-0.05, 0) is 61.0 Å². The molecular weight excluding hydrogens is 428 g/mol. The minimum Gasteiger partial charge on any atom is -0.497 e. The molecule has 2 aromatic carbocycles. The third-order valence-electron chi connectivity index (χ3n) is 4.02. The predicted octanol–water partition coefficient (Wildman–Crippen LogP) is 4.29. The van der Waals surface area contributed by atoms with Gasteiger partial charge in [-0.2, -0.15) is 9.78 Å². The van der Waals surface area contributed by atoms with E-state index in [-0.39, 0.29) is 17.0 Å². The number of thioether (sulfide) groups is 1. The van der Waals surface area contributed by atoms with Crippen molar-refractivity contribution < 1.29 is 9.47 Å². The van der Waals surface area contributed by atoms with Crippen LogP contribution in [0, 0.1) is 0 Å². The number of fused-ring (bicyclic) bond motifs is 1. The molecule has 0 fully saturated rings. The third kappa shape index (κ3) is 4.01. The zero-order chi connectivity index (χ0) is 17.9. The van der Waals surface area contributed by atoms with Crippen LogP contribution in [0.3, 0.4) is 0 Å². The summed E-state index contributed by atoms with van der Waals surface area (Å²) in [5.74, 6) is 3.15. The lowest BCUT2D eigenvalue weighted by Gasteiger charge is -2.14. The van der Waals surface area contributed by atoms with Crippen molar-refractivity contribution in [2.24, 2.45) is 5.10 Å². The predicted molar refractivity (Wildman–Crippen MR) is 113 cm³/mol. The van der Waals surface area contributed by atoms with E-state index in [1.54, 1.807) is 18.9 Å². The number of nitrogens with zero attached hydrogens (tertiary/aromatic N) is 4. The maximum atomic E-state index is 5.51. The SMILES string of the molecule is Br.CCOc1ccc(C2=Nn3c(nnc3-c3ccc(OC)cc3)SC2)cc1. The van der Waals surface area contributed by atoms with Gasteiger partial charge in [0.1, 0.15) is 11.5 Å². The van der Waals surface area contributed by atoms with Crippen LogP contribution in [0.5, 0.6) is 11.5 Å².